The SMILES string of the molecule is CC1(C)CC(NC(=O)N2CC(CC(=O)O)C2)CC(C)(C)C1. The van der Waals surface area contributed by atoms with Crippen LogP contribution in [0, 0.1) is 16.7 Å². The fourth-order valence-electron chi connectivity index (χ4n) is 4.33. The van der Waals surface area contributed by atoms with Crippen LogP contribution in [-0.4, -0.2) is 41.1 Å². The van der Waals surface area contributed by atoms with Gasteiger partial charge < -0.3 is 15.3 Å². The first kappa shape index (κ1) is 16.1. The Hall–Kier alpha value is -1.26. The topological polar surface area (TPSA) is 69.6 Å². The van der Waals surface area contributed by atoms with Gasteiger partial charge in [-0.15, -0.1) is 0 Å². The molecule has 1 heterocycles. The summed E-state index contributed by atoms with van der Waals surface area (Å²) in [5, 5.41) is 11.9. The molecule has 0 unspecified atom stereocenters. The van der Waals surface area contributed by atoms with Crippen LogP contribution in [0.2, 0.25) is 0 Å². The number of aliphatic carboxylic acids is 1. The molecule has 2 rings (SSSR count). The first-order valence-electron chi connectivity index (χ1n) is 7.84. The Morgan fingerprint density at radius 1 is 1.14 bits per heavy atom. The van der Waals surface area contributed by atoms with Crippen LogP contribution in [0.15, 0.2) is 0 Å². The lowest BCUT2D eigenvalue weighted by atomic mass is 9.63. The van der Waals surface area contributed by atoms with E-state index in [-0.39, 0.29) is 35.2 Å². The first-order valence-corrected chi connectivity index (χ1v) is 7.84. The highest BCUT2D eigenvalue weighted by Gasteiger charge is 2.40. The number of likely N-dealkylation sites (tertiary alicyclic amines) is 1. The van der Waals surface area contributed by atoms with Gasteiger partial charge in [0.25, 0.3) is 0 Å². The van der Waals surface area contributed by atoms with Crippen molar-refractivity contribution in [1.82, 2.24) is 10.2 Å². The Morgan fingerprint density at radius 2 is 1.67 bits per heavy atom. The van der Waals surface area contributed by atoms with E-state index >= 15 is 0 Å². The second-order valence-electron chi connectivity index (χ2n) is 8.43. The largest absolute Gasteiger partial charge is 0.481 e. The maximum absolute atomic E-state index is 12.2. The zero-order valence-corrected chi connectivity index (χ0v) is 13.6. The molecule has 0 bridgehead atoms. The number of hydrogen-bond donors (Lipinski definition) is 2. The molecule has 5 heteroatoms. The molecule has 1 saturated heterocycles. The Labute approximate surface area is 127 Å². The minimum Gasteiger partial charge on any atom is -0.481 e. The van der Waals surface area contributed by atoms with E-state index in [0.29, 0.717) is 13.1 Å². The third-order valence-corrected chi connectivity index (χ3v) is 4.59. The second kappa shape index (κ2) is 5.50. The number of nitrogens with one attached hydrogen (secondary N) is 1. The van der Waals surface area contributed by atoms with Crippen LogP contribution in [0.4, 0.5) is 4.79 Å². The molecule has 2 N–H and O–H groups in total. The molecule has 21 heavy (non-hydrogen) atoms. The molecular weight excluding hydrogens is 268 g/mol. The van der Waals surface area contributed by atoms with E-state index in [1.807, 2.05) is 0 Å². The number of carbonyl (C=O) groups excluding carboxylic acids is 1. The summed E-state index contributed by atoms with van der Waals surface area (Å²) >= 11 is 0. The minimum absolute atomic E-state index is 0.0323. The average molecular weight is 296 g/mol. The van der Waals surface area contributed by atoms with Crippen LogP contribution in [0.3, 0.4) is 0 Å². The maximum Gasteiger partial charge on any atom is 0.317 e. The van der Waals surface area contributed by atoms with Gasteiger partial charge in [0.15, 0.2) is 0 Å². The Morgan fingerprint density at radius 3 is 2.14 bits per heavy atom. The van der Waals surface area contributed by atoms with E-state index < -0.39 is 5.97 Å². The normalized spacial score (nSPS) is 25.2. The Bertz CT molecular complexity index is 409. The molecular formula is C16H28N2O3. The van der Waals surface area contributed by atoms with Gasteiger partial charge in [0.05, 0.1) is 6.42 Å². The first-order chi connectivity index (χ1) is 9.56. The van der Waals surface area contributed by atoms with Gasteiger partial charge in [-0.05, 0) is 30.1 Å². The molecule has 1 aliphatic heterocycles. The van der Waals surface area contributed by atoms with Crippen LogP contribution in [-0.2, 0) is 4.79 Å². The Kier molecular flexibility index (Phi) is 4.22. The molecule has 0 spiro atoms. The van der Waals surface area contributed by atoms with Crippen LogP contribution >= 0.6 is 0 Å². The summed E-state index contributed by atoms with van der Waals surface area (Å²) in [5.74, 6) is -0.664. The molecule has 5 nitrogen and oxygen atoms in total. The van der Waals surface area contributed by atoms with E-state index in [1.165, 1.54) is 6.42 Å². The number of amides is 2. The van der Waals surface area contributed by atoms with Gasteiger partial charge in [-0.1, -0.05) is 27.7 Å². The number of carbonyl (C=O) groups is 2. The zero-order valence-electron chi connectivity index (χ0n) is 13.6. The highest BCUT2D eigenvalue weighted by molar-refractivity contribution is 5.76. The molecule has 0 aromatic rings. The van der Waals surface area contributed by atoms with Crippen molar-refractivity contribution in [2.45, 2.75) is 59.4 Å². The highest BCUT2D eigenvalue weighted by Crippen LogP contribution is 2.45. The monoisotopic (exact) mass is 296 g/mol. The van der Waals surface area contributed by atoms with Crippen molar-refractivity contribution >= 4 is 12.0 Å². The van der Waals surface area contributed by atoms with Gasteiger partial charge in [0.2, 0.25) is 0 Å². The number of hydrogen-bond acceptors (Lipinski definition) is 2. The fraction of sp³-hybridized carbons (Fsp3) is 0.875. The van der Waals surface area contributed by atoms with E-state index in [1.54, 1.807) is 4.90 Å². The van der Waals surface area contributed by atoms with Crippen molar-refractivity contribution in [3.63, 3.8) is 0 Å². The van der Waals surface area contributed by atoms with Crippen molar-refractivity contribution in [2.75, 3.05) is 13.1 Å². The number of carboxylic acid groups (broad SMARTS) is 1. The van der Waals surface area contributed by atoms with E-state index in [2.05, 4.69) is 33.0 Å². The molecule has 0 aromatic heterocycles. The van der Waals surface area contributed by atoms with Crippen LogP contribution in [0.25, 0.3) is 0 Å². The predicted octanol–water partition coefficient (Wildman–Crippen LogP) is 2.71. The number of nitrogens with zero attached hydrogens (tertiary/aromatic N) is 1. The van der Waals surface area contributed by atoms with Crippen molar-refractivity contribution in [3.8, 4) is 0 Å². The standard InChI is InChI=1S/C16H28N2O3/c1-15(2)6-12(7-16(3,4)10-15)17-14(21)18-8-11(9-18)5-13(19)20/h11-12H,5-10H2,1-4H3,(H,17,21)(H,19,20). The number of urea groups is 1. The van der Waals surface area contributed by atoms with E-state index in [4.69, 9.17) is 5.11 Å². The van der Waals surface area contributed by atoms with Gasteiger partial charge >= 0.3 is 12.0 Å². The van der Waals surface area contributed by atoms with Crippen LogP contribution in [0.5, 0.6) is 0 Å². The molecule has 120 valence electrons. The van der Waals surface area contributed by atoms with Crippen molar-refractivity contribution in [3.05, 3.63) is 0 Å². The lowest BCUT2D eigenvalue weighted by Crippen LogP contribution is -2.57. The summed E-state index contributed by atoms with van der Waals surface area (Å²) in [6, 6.07) is 0.185. The zero-order chi connectivity index (χ0) is 15.8. The minimum atomic E-state index is -0.782. The van der Waals surface area contributed by atoms with Crippen molar-refractivity contribution in [1.29, 1.82) is 0 Å². The average Bonchev–Trinajstić information content (AvgIpc) is 2.16. The molecule has 1 saturated carbocycles. The molecule has 2 fully saturated rings. The van der Waals surface area contributed by atoms with Crippen molar-refractivity contribution in [2.24, 2.45) is 16.7 Å². The number of carboxylic acids is 1. The van der Waals surface area contributed by atoms with Gasteiger partial charge in [-0.2, -0.15) is 0 Å². The van der Waals surface area contributed by atoms with Crippen molar-refractivity contribution < 1.29 is 14.7 Å². The van der Waals surface area contributed by atoms with Gasteiger partial charge in [-0.3, -0.25) is 4.79 Å². The summed E-state index contributed by atoms with van der Waals surface area (Å²) in [4.78, 5) is 24.6. The maximum atomic E-state index is 12.2. The van der Waals surface area contributed by atoms with E-state index in [0.717, 1.165) is 12.8 Å². The summed E-state index contributed by atoms with van der Waals surface area (Å²) in [5.41, 5.74) is 0.501. The third kappa shape index (κ3) is 4.35. The molecule has 0 radical (unpaired) electrons. The second-order valence-corrected chi connectivity index (χ2v) is 8.43. The molecule has 2 amide bonds. The predicted molar refractivity (Wildman–Crippen MR) is 81.0 cm³/mol. The molecule has 0 atom stereocenters. The highest BCUT2D eigenvalue weighted by atomic mass is 16.4. The van der Waals surface area contributed by atoms with Crippen LogP contribution < -0.4 is 5.32 Å². The quantitative estimate of drug-likeness (QED) is 0.841. The molecule has 1 aliphatic carbocycles. The Balaban J connectivity index is 1.82. The summed E-state index contributed by atoms with van der Waals surface area (Å²) in [6.45, 7) is 10.2. The lowest BCUT2D eigenvalue weighted by molar-refractivity contribution is -0.139. The smallest absolute Gasteiger partial charge is 0.317 e. The third-order valence-electron chi connectivity index (χ3n) is 4.59. The summed E-state index contributed by atoms with van der Waals surface area (Å²) in [6.07, 6.45) is 3.35. The number of rotatable bonds is 3. The van der Waals surface area contributed by atoms with Gasteiger partial charge in [0, 0.05) is 25.0 Å². The van der Waals surface area contributed by atoms with Gasteiger partial charge in [0.1, 0.15) is 0 Å². The van der Waals surface area contributed by atoms with Gasteiger partial charge in [-0.25, -0.2) is 4.79 Å². The molecule has 0 aromatic carbocycles. The summed E-state index contributed by atoms with van der Waals surface area (Å²) < 4.78 is 0. The van der Waals surface area contributed by atoms with Crippen LogP contribution in [0.1, 0.15) is 53.4 Å². The fourth-order valence-corrected chi connectivity index (χ4v) is 4.33. The summed E-state index contributed by atoms with van der Waals surface area (Å²) in [7, 11) is 0. The lowest BCUT2D eigenvalue weighted by Gasteiger charge is -2.46. The van der Waals surface area contributed by atoms with E-state index in [9.17, 15) is 9.59 Å². The molecule has 2 aliphatic rings.